The Morgan fingerprint density at radius 1 is 1.20 bits per heavy atom. The van der Waals surface area contributed by atoms with Crippen LogP contribution >= 0.6 is 0 Å². The zero-order valence-electron chi connectivity index (χ0n) is 14.2. The predicted octanol–water partition coefficient (Wildman–Crippen LogP) is 3.05. The number of hydrogen-bond acceptors (Lipinski definition) is 5. The van der Waals surface area contributed by atoms with Gasteiger partial charge in [-0.15, -0.1) is 0 Å². The molecule has 3 aromatic rings. The van der Waals surface area contributed by atoms with Gasteiger partial charge in [-0.05, 0) is 49.3 Å². The Morgan fingerprint density at radius 2 is 2.00 bits per heavy atom. The number of nitrogens with zero attached hydrogens (tertiary/aromatic N) is 4. The number of hydrogen-bond donors (Lipinski definition) is 0. The van der Waals surface area contributed by atoms with Crippen LogP contribution in [0.25, 0.3) is 16.7 Å². The maximum atomic E-state index is 11.9. The van der Waals surface area contributed by atoms with Crippen LogP contribution in [0.3, 0.4) is 0 Å². The average Bonchev–Trinajstić information content (AvgIpc) is 3.21. The normalized spacial score (nSPS) is 18.8. The summed E-state index contributed by atoms with van der Waals surface area (Å²) in [6.45, 7) is 2.05. The highest BCUT2D eigenvalue weighted by Crippen LogP contribution is 2.54. The van der Waals surface area contributed by atoms with Crippen molar-refractivity contribution >= 4 is 28.5 Å². The second-order valence-corrected chi connectivity index (χ2v) is 7.24. The van der Waals surface area contributed by atoms with Gasteiger partial charge < -0.3 is 9.64 Å². The standard InChI is InChI=1S/C19H20N4O2/c1-25-18(24)13-2-3-15-14(12-13)21-17(16-20-8-11-23(15)16)22-9-6-19(4-5-19)7-10-22/h2-3,8,11-12H,4-7,9-10H2,1H3. The minimum atomic E-state index is -0.343. The van der Waals surface area contributed by atoms with Crippen LogP contribution in [0.15, 0.2) is 30.6 Å². The molecule has 3 heterocycles. The first-order valence-corrected chi connectivity index (χ1v) is 8.79. The Morgan fingerprint density at radius 3 is 2.72 bits per heavy atom. The van der Waals surface area contributed by atoms with Gasteiger partial charge in [-0.3, -0.25) is 4.40 Å². The van der Waals surface area contributed by atoms with Gasteiger partial charge in [0.25, 0.3) is 0 Å². The number of carbonyl (C=O) groups is 1. The summed E-state index contributed by atoms with van der Waals surface area (Å²) in [6, 6.07) is 5.48. The number of imidazole rings is 1. The third-order valence-corrected chi connectivity index (χ3v) is 5.80. The van der Waals surface area contributed by atoms with E-state index in [1.54, 1.807) is 18.3 Å². The van der Waals surface area contributed by atoms with Crippen LogP contribution in [0, 0.1) is 5.41 Å². The molecule has 2 fully saturated rings. The van der Waals surface area contributed by atoms with E-state index in [9.17, 15) is 4.79 Å². The summed E-state index contributed by atoms with van der Waals surface area (Å²) >= 11 is 0. The molecular weight excluding hydrogens is 316 g/mol. The smallest absolute Gasteiger partial charge is 0.337 e. The molecule has 1 aliphatic carbocycles. The van der Waals surface area contributed by atoms with Crippen molar-refractivity contribution in [1.82, 2.24) is 14.4 Å². The van der Waals surface area contributed by atoms with Crippen LogP contribution in [0.4, 0.5) is 5.82 Å². The Labute approximate surface area is 145 Å². The molecule has 0 bridgehead atoms. The number of piperidine rings is 1. The molecule has 0 atom stereocenters. The summed E-state index contributed by atoms with van der Waals surface area (Å²) in [4.78, 5) is 23.6. The second-order valence-electron chi connectivity index (χ2n) is 7.24. The van der Waals surface area contributed by atoms with Crippen molar-refractivity contribution in [3.8, 4) is 0 Å². The average molecular weight is 336 g/mol. The SMILES string of the molecule is COC(=O)c1ccc2c(c1)nc(N1CCC3(CC1)CC3)c1nccn12. The van der Waals surface area contributed by atoms with Crippen molar-refractivity contribution in [2.24, 2.45) is 5.41 Å². The number of esters is 1. The molecule has 6 nitrogen and oxygen atoms in total. The Balaban J connectivity index is 1.63. The van der Waals surface area contributed by atoms with Crippen LogP contribution in [0.1, 0.15) is 36.0 Å². The van der Waals surface area contributed by atoms with Crippen molar-refractivity contribution in [2.75, 3.05) is 25.1 Å². The number of anilines is 1. The lowest BCUT2D eigenvalue weighted by Gasteiger charge is -2.33. The summed E-state index contributed by atoms with van der Waals surface area (Å²) in [7, 11) is 1.39. The molecule has 0 N–H and O–H groups in total. The van der Waals surface area contributed by atoms with Crippen molar-refractivity contribution in [3.63, 3.8) is 0 Å². The third-order valence-electron chi connectivity index (χ3n) is 5.80. The second kappa shape index (κ2) is 5.18. The number of aromatic nitrogens is 3. The molecule has 1 saturated carbocycles. The molecular formula is C19H20N4O2. The molecule has 0 unspecified atom stereocenters. The molecule has 25 heavy (non-hydrogen) atoms. The molecule has 5 rings (SSSR count). The number of fused-ring (bicyclic) bond motifs is 3. The Hall–Kier alpha value is -2.63. The molecule has 6 heteroatoms. The first-order chi connectivity index (χ1) is 12.2. The predicted molar refractivity (Wildman–Crippen MR) is 94.9 cm³/mol. The molecule has 128 valence electrons. The highest BCUT2D eigenvalue weighted by Gasteiger charge is 2.44. The summed E-state index contributed by atoms with van der Waals surface area (Å²) in [5, 5.41) is 0. The molecule has 1 aromatic carbocycles. The summed E-state index contributed by atoms with van der Waals surface area (Å²) in [6.07, 6.45) is 9.00. The summed E-state index contributed by atoms with van der Waals surface area (Å²) in [5.41, 5.74) is 3.75. The lowest BCUT2D eigenvalue weighted by molar-refractivity contribution is 0.0601. The molecule has 0 radical (unpaired) electrons. The van der Waals surface area contributed by atoms with Gasteiger partial charge in [0.1, 0.15) is 0 Å². The molecule has 2 aliphatic rings. The maximum absolute atomic E-state index is 11.9. The zero-order chi connectivity index (χ0) is 17.0. The van der Waals surface area contributed by atoms with Crippen LogP contribution in [0.5, 0.6) is 0 Å². The number of methoxy groups -OCH3 is 1. The molecule has 0 amide bonds. The van der Waals surface area contributed by atoms with Gasteiger partial charge in [-0.2, -0.15) is 0 Å². The van der Waals surface area contributed by atoms with Gasteiger partial charge in [0, 0.05) is 25.5 Å². The van der Waals surface area contributed by atoms with Crippen molar-refractivity contribution in [3.05, 3.63) is 36.2 Å². The van der Waals surface area contributed by atoms with Gasteiger partial charge in [0.15, 0.2) is 11.5 Å². The van der Waals surface area contributed by atoms with E-state index in [0.717, 1.165) is 35.6 Å². The highest BCUT2D eigenvalue weighted by atomic mass is 16.5. The lowest BCUT2D eigenvalue weighted by atomic mass is 9.94. The maximum Gasteiger partial charge on any atom is 0.337 e. The van der Waals surface area contributed by atoms with E-state index in [4.69, 9.17) is 9.72 Å². The molecule has 1 aliphatic heterocycles. The van der Waals surface area contributed by atoms with Crippen LogP contribution < -0.4 is 4.90 Å². The quantitative estimate of drug-likeness (QED) is 0.673. The summed E-state index contributed by atoms with van der Waals surface area (Å²) < 4.78 is 6.89. The monoisotopic (exact) mass is 336 g/mol. The van der Waals surface area contributed by atoms with E-state index >= 15 is 0 Å². The Bertz CT molecular complexity index is 980. The van der Waals surface area contributed by atoms with E-state index in [1.165, 1.54) is 32.8 Å². The molecule has 2 aromatic heterocycles. The van der Waals surface area contributed by atoms with Gasteiger partial charge in [0.2, 0.25) is 0 Å². The first-order valence-electron chi connectivity index (χ1n) is 8.79. The van der Waals surface area contributed by atoms with Crippen molar-refractivity contribution in [2.45, 2.75) is 25.7 Å². The fourth-order valence-corrected chi connectivity index (χ4v) is 3.97. The number of carbonyl (C=O) groups excluding carboxylic acids is 1. The minimum absolute atomic E-state index is 0.343. The molecule has 1 saturated heterocycles. The van der Waals surface area contributed by atoms with Crippen molar-refractivity contribution < 1.29 is 9.53 Å². The lowest BCUT2D eigenvalue weighted by Crippen LogP contribution is -2.35. The minimum Gasteiger partial charge on any atom is -0.465 e. The fraction of sp³-hybridized carbons (Fsp3) is 0.421. The number of rotatable bonds is 2. The number of ether oxygens (including phenoxy) is 1. The highest BCUT2D eigenvalue weighted by molar-refractivity contribution is 5.94. The van der Waals surface area contributed by atoms with Gasteiger partial charge in [-0.25, -0.2) is 14.8 Å². The van der Waals surface area contributed by atoms with Crippen LogP contribution in [-0.4, -0.2) is 40.5 Å². The van der Waals surface area contributed by atoms with E-state index in [1.807, 2.05) is 12.3 Å². The summed E-state index contributed by atoms with van der Waals surface area (Å²) in [5.74, 6) is 0.569. The van der Waals surface area contributed by atoms with E-state index in [2.05, 4.69) is 14.3 Å². The molecule has 1 spiro atoms. The Kier molecular flexibility index (Phi) is 3.04. The van der Waals surface area contributed by atoms with E-state index in [-0.39, 0.29) is 5.97 Å². The van der Waals surface area contributed by atoms with Crippen LogP contribution in [0.2, 0.25) is 0 Å². The topological polar surface area (TPSA) is 59.7 Å². The van der Waals surface area contributed by atoms with Crippen molar-refractivity contribution in [1.29, 1.82) is 0 Å². The largest absolute Gasteiger partial charge is 0.465 e. The third kappa shape index (κ3) is 2.27. The number of benzene rings is 1. The van der Waals surface area contributed by atoms with E-state index in [0.29, 0.717) is 11.0 Å². The first kappa shape index (κ1) is 14.7. The fourth-order valence-electron chi connectivity index (χ4n) is 3.97. The van der Waals surface area contributed by atoms with Crippen LogP contribution in [-0.2, 0) is 4.74 Å². The van der Waals surface area contributed by atoms with Gasteiger partial charge in [-0.1, -0.05) is 0 Å². The zero-order valence-corrected chi connectivity index (χ0v) is 14.2. The van der Waals surface area contributed by atoms with Gasteiger partial charge in [0.05, 0.1) is 23.7 Å². The van der Waals surface area contributed by atoms with Gasteiger partial charge >= 0.3 is 5.97 Å². The van der Waals surface area contributed by atoms with E-state index < -0.39 is 0 Å².